The van der Waals surface area contributed by atoms with Crippen LogP contribution in [0.3, 0.4) is 0 Å². The molecule has 2 N–H and O–H groups in total. The van der Waals surface area contributed by atoms with E-state index < -0.39 is 0 Å². The van der Waals surface area contributed by atoms with Crippen molar-refractivity contribution in [2.45, 2.75) is 12.5 Å². The maximum Gasteiger partial charge on any atom is 0.0706 e. The summed E-state index contributed by atoms with van der Waals surface area (Å²) in [6.45, 7) is 0. The molecule has 0 aliphatic heterocycles. The summed E-state index contributed by atoms with van der Waals surface area (Å²) in [6.07, 6.45) is 0.297. The van der Waals surface area contributed by atoms with E-state index in [1.807, 2.05) is 42.5 Å². The highest BCUT2D eigenvalue weighted by molar-refractivity contribution is 5.78. The summed E-state index contributed by atoms with van der Waals surface area (Å²) >= 11 is 0. The fourth-order valence-electron chi connectivity index (χ4n) is 1.49. The van der Waals surface area contributed by atoms with Crippen LogP contribution in [0.1, 0.15) is 18.2 Å². The van der Waals surface area contributed by atoms with Crippen molar-refractivity contribution in [1.29, 1.82) is 5.26 Å². The Morgan fingerprint density at radius 3 is 2.87 bits per heavy atom. The number of nitrogens with two attached hydrogens (primary N) is 1. The van der Waals surface area contributed by atoms with E-state index in [1.54, 1.807) is 0 Å². The van der Waals surface area contributed by atoms with Gasteiger partial charge in [0.2, 0.25) is 0 Å². The Morgan fingerprint density at radius 1 is 1.27 bits per heavy atom. The zero-order chi connectivity index (χ0) is 10.7. The van der Waals surface area contributed by atoms with Gasteiger partial charge in [0.05, 0.1) is 29.7 Å². The zero-order valence-corrected chi connectivity index (χ0v) is 8.22. The number of benzene rings is 1. The number of pyridine rings is 1. The molecular formula is C12H11N3. The third kappa shape index (κ3) is 1.95. The van der Waals surface area contributed by atoms with Gasteiger partial charge in [-0.15, -0.1) is 0 Å². The Labute approximate surface area is 88.2 Å². The highest BCUT2D eigenvalue weighted by atomic mass is 14.8. The molecule has 2 aromatic rings. The van der Waals surface area contributed by atoms with Crippen LogP contribution in [0.5, 0.6) is 0 Å². The van der Waals surface area contributed by atoms with Gasteiger partial charge < -0.3 is 5.73 Å². The molecule has 3 heteroatoms. The highest BCUT2D eigenvalue weighted by Gasteiger charge is 2.06. The topological polar surface area (TPSA) is 62.7 Å². The molecular weight excluding hydrogens is 186 g/mol. The second kappa shape index (κ2) is 4.07. The van der Waals surface area contributed by atoms with Crippen LogP contribution in [0.2, 0.25) is 0 Å². The first kappa shape index (κ1) is 9.63. The molecule has 0 radical (unpaired) electrons. The number of hydrogen-bond donors (Lipinski definition) is 1. The van der Waals surface area contributed by atoms with Crippen LogP contribution in [-0.2, 0) is 0 Å². The van der Waals surface area contributed by atoms with Crippen molar-refractivity contribution in [3.8, 4) is 6.07 Å². The van der Waals surface area contributed by atoms with Gasteiger partial charge in [0, 0.05) is 5.39 Å². The predicted molar refractivity (Wildman–Crippen MR) is 58.9 cm³/mol. The first-order valence-electron chi connectivity index (χ1n) is 4.79. The lowest BCUT2D eigenvalue weighted by Gasteiger charge is -2.07. The first-order chi connectivity index (χ1) is 7.31. The minimum atomic E-state index is -0.292. The third-order valence-corrected chi connectivity index (χ3v) is 2.31. The van der Waals surface area contributed by atoms with Crippen LogP contribution >= 0.6 is 0 Å². The smallest absolute Gasteiger partial charge is 0.0706 e. The molecule has 0 amide bonds. The van der Waals surface area contributed by atoms with E-state index in [0.717, 1.165) is 16.6 Å². The van der Waals surface area contributed by atoms with Gasteiger partial charge in [0.1, 0.15) is 0 Å². The molecule has 1 aromatic carbocycles. The molecule has 0 bridgehead atoms. The lowest BCUT2D eigenvalue weighted by Crippen LogP contribution is -2.10. The summed E-state index contributed by atoms with van der Waals surface area (Å²) in [5, 5.41) is 9.64. The van der Waals surface area contributed by atoms with Gasteiger partial charge in [-0.05, 0) is 12.1 Å². The lowest BCUT2D eigenvalue weighted by molar-refractivity contribution is 0.724. The molecule has 1 heterocycles. The van der Waals surface area contributed by atoms with Gasteiger partial charge in [-0.25, -0.2) is 0 Å². The van der Waals surface area contributed by atoms with E-state index in [0.29, 0.717) is 6.42 Å². The van der Waals surface area contributed by atoms with Crippen LogP contribution in [-0.4, -0.2) is 4.98 Å². The summed E-state index contributed by atoms with van der Waals surface area (Å²) in [7, 11) is 0. The summed E-state index contributed by atoms with van der Waals surface area (Å²) in [5.74, 6) is 0. The molecule has 0 saturated carbocycles. The maximum absolute atomic E-state index is 8.55. The summed E-state index contributed by atoms with van der Waals surface area (Å²) in [6, 6.07) is 13.5. The Bertz CT molecular complexity index is 514. The van der Waals surface area contributed by atoms with Crippen LogP contribution in [0.4, 0.5) is 0 Å². The molecule has 2 rings (SSSR count). The molecule has 1 unspecified atom stereocenters. The fraction of sp³-hybridized carbons (Fsp3) is 0.167. The number of aromatic nitrogens is 1. The van der Waals surface area contributed by atoms with Crippen molar-refractivity contribution in [2.24, 2.45) is 5.73 Å². The Balaban J connectivity index is 2.43. The molecule has 1 atom stereocenters. The van der Waals surface area contributed by atoms with E-state index in [-0.39, 0.29) is 6.04 Å². The molecule has 0 aliphatic rings. The molecule has 1 aromatic heterocycles. The van der Waals surface area contributed by atoms with E-state index >= 15 is 0 Å². The van der Waals surface area contributed by atoms with Crippen molar-refractivity contribution in [3.05, 3.63) is 42.1 Å². The number of nitrogens with zero attached hydrogens (tertiary/aromatic N) is 2. The second-order valence-corrected chi connectivity index (χ2v) is 3.40. The third-order valence-electron chi connectivity index (χ3n) is 2.31. The minimum absolute atomic E-state index is 0.292. The molecule has 0 aliphatic carbocycles. The summed E-state index contributed by atoms with van der Waals surface area (Å²) in [5.41, 5.74) is 7.50. The van der Waals surface area contributed by atoms with E-state index in [4.69, 9.17) is 11.0 Å². The van der Waals surface area contributed by atoms with Gasteiger partial charge in [-0.3, -0.25) is 4.98 Å². The number of rotatable bonds is 2. The van der Waals surface area contributed by atoms with Gasteiger partial charge in [0.15, 0.2) is 0 Å². The number of nitriles is 1. The fourth-order valence-corrected chi connectivity index (χ4v) is 1.49. The average Bonchev–Trinajstić information content (AvgIpc) is 2.29. The molecule has 0 spiro atoms. The Kier molecular flexibility index (Phi) is 2.61. The standard InChI is InChI=1S/C12H11N3/c13-8-7-10(14)12-6-5-9-3-1-2-4-11(9)15-12/h1-6,10H,7,14H2. The van der Waals surface area contributed by atoms with Crippen molar-refractivity contribution in [1.82, 2.24) is 4.98 Å². The Hall–Kier alpha value is -1.92. The second-order valence-electron chi connectivity index (χ2n) is 3.40. The van der Waals surface area contributed by atoms with Gasteiger partial charge >= 0.3 is 0 Å². The van der Waals surface area contributed by atoms with E-state index in [1.165, 1.54) is 0 Å². The summed E-state index contributed by atoms with van der Waals surface area (Å²) < 4.78 is 0. The Morgan fingerprint density at radius 2 is 2.07 bits per heavy atom. The minimum Gasteiger partial charge on any atom is -0.322 e. The quantitative estimate of drug-likeness (QED) is 0.802. The predicted octanol–water partition coefficient (Wildman–Crippen LogP) is 2.15. The molecule has 74 valence electrons. The van der Waals surface area contributed by atoms with Crippen LogP contribution in [0.25, 0.3) is 10.9 Å². The molecule has 0 saturated heterocycles. The summed E-state index contributed by atoms with van der Waals surface area (Å²) in [4.78, 5) is 4.42. The maximum atomic E-state index is 8.55. The van der Waals surface area contributed by atoms with Crippen LogP contribution in [0.15, 0.2) is 36.4 Å². The van der Waals surface area contributed by atoms with Gasteiger partial charge in [0.25, 0.3) is 0 Å². The highest BCUT2D eigenvalue weighted by Crippen LogP contribution is 2.16. The lowest BCUT2D eigenvalue weighted by atomic mass is 10.1. The van der Waals surface area contributed by atoms with Crippen molar-refractivity contribution < 1.29 is 0 Å². The van der Waals surface area contributed by atoms with Crippen molar-refractivity contribution in [3.63, 3.8) is 0 Å². The molecule has 3 nitrogen and oxygen atoms in total. The SMILES string of the molecule is N#CCC(N)c1ccc2ccccc2n1. The number of fused-ring (bicyclic) bond motifs is 1. The van der Waals surface area contributed by atoms with Gasteiger partial charge in [-0.1, -0.05) is 24.3 Å². The van der Waals surface area contributed by atoms with Gasteiger partial charge in [-0.2, -0.15) is 5.26 Å². The zero-order valence-electron chi connectivity index (χ0n) is 8.22. The first-order valence-corrected chi connectivity index (χ1v) is 4.79. The van der Waals surface area contributed by atoms with Crippen molar-refractivity contribution >= 4 is 10.9 Å². The van der Waals surface area contributed by atoms with Crippen LogP contribution < -0.4 is 5.73 Å². The monoisotopic (exact) mass is 197 g/mol. The van der Waals surface area contributed by atoms with E-state index in [9.17, 15) is 0 Å². The van der Waals surface area contributed by atoms with E-state index in [2.05, 4.69) is 4.98 Å². The molecule has 0 fully saturated rings. The normalized spacial score (nSPS) is 12.3. The average molecular weight is 197 g/mol. The number of hydrogen-bond acceptors (Lipinski definition) is 3. The largest absolute Gasteiger partial charge is 0.322 e. The van der Waals surface area contributed by atoms with Crippen molar-refractivity contribution in [2.75, 3.05) is 0 Å². The molecule has 15 heavy (non-hydrogen) atoms. The van der Waals surface area contributed by atoms with Crippen LogP contribution in [0, 0.1) is 11.3 Å². The number of para-hydroxylation sites is 1.